The molecule has 0 spiro atoms. The predicted molar refractivity (Wildman–Crippen MR) is 118 cm³/mol. The minimum Gasteiger partial charge on any atom is -0.390 e. The molecule has 0 aromatic rings. The Bertz CT molecular complexity index is 202. The van der Waals surface area contributed by atoms with Crippen LogP contribution in [-0.2, 0) is 0 Å². The van der Waals surface area contributed by atoms with Gasteiger partial charge in [-0.15, -0.1) is 0 Å². The molecule has 1 nitrogen and oxygen atoms in total. The van der Waals surface area contributed by atoms with E-state index < -0.39 is 0 Å². The second-order valence-electron chi connectivity index (χ2n) is 8.40. The summed E-state index contributed by atoms with van der Waals surface area (Å²) < 4.78 is 0. The zero-order valence-electron chi connectivity index (χ0n) is 18.3. The first-order valence-electron chi connectivity index (χ1n) is 12.4. The van der Waals surface area contributed by atoms with E-state index in [4.69, 9.17) is 5.11 Å². The summed E-state index contributed by atoms with van der Waals surface area (Å²) in [4.78, 5) is 0. The molecule has 157 valence electrons. The molecule has 0 rings (SSSR count). The summed E-state index contributed by atoms with van der Waals surface area (Å²) in [6.07, 6.45) is 32.3. The molecule has 0 amide bonds. The van der Waals surface area contributed by atoms with Crippen molar-refractivity contribution in [3.63, 3.8) is 0 Å². The molecule has 1 N–H and O–H groups in total. The molecule has 0 aliphatic rings. The molecule has 0 heterocycles. The first-order valence-corrected chi connectivity index (χ1v) is 12.4. The molecule has 26 heavy (non-hydrogen) atoms. The van der Waals surface area contributed by atoms with E-state index in [1.54, 1.807) is 0 Å². The van der Waals surface area contributed by atoms with Crippen LogP contribution in [0, 0.1) is 6.61 Å². The number of hydrogen-bond acceptors (Lipinski definition) is 1. The largest absolute Gasteiger partial charge is 0.390 e. The number of rotatable bonds is 23. The van der Waals surface area contributed by atoms with Gasteiger partial charge in [-0.1, -0.05) is 148 Å². The fraction of sp³-hybridized carbons (Fsp3) is 0.960. The molecule has 0 aliphatic heterocycles. The van der Waals surface area contributed by atoms with Gasteiger partial charge in [0, 0.05) is 0 Å². The summed E-state index contributed by atoms with van der Waals surface area (Å²) in [5.41, 5.74) is 0. The van der Waals surface area contributed by atoms with Crippen molar-refractivity contribution >= 4 is 0 Å². The van der Waals surface area contributed by atoms with Gasteiger partial charge >= 0.3 is 0 Å². The molecule has 0 saturated heterocycles. The highest BCUT2D eigenvalue weighted by molar-refractivity contribution is 4.52. The summed E-state index contributed by atoms with van der Waals surface area (Å²) in [5.74, 6) is 0. The average molecular weight is 368 g/mol. The van der Waals surface area contributed by atoms with Crippen LogP contribution in [0.3, 0.4) is 0 Å². The lowest BCUT2D eigenvalue weighted by Crippen LogP contribution is -1.84. The van der Waals surface area contributed by atoms with E-state index in [0.29, 0.717) is 0 Å². The maximum Gasteiger partial charge on any atom is 0.0799 e. The van der Waals surface area contributed by atoms with Crippen molar-refractivity contribution in [2.75, 3.05) is 0 Å². The highest BCUT2D eigenvalue weighted by Crippen LogP contribution is 2.15. The maximum atomic E-state index is 8.61. The molecule has 0 aromatic carbocycles. The maximum absolute atomic E-state index is 8.61. The van der Waals surface area contributed by atoms with Gasteiger partial charge in [0.2, 0.25) is 0 Å². The molecule has 0 aromatic heterocycles. The third kappa shape index (κ3) is 24.0. The van der Waals surface area contributed by atoms with Crippen molar-refractivity contribution in [1.82, 2.24) is 0 Å². The molecule has 0 unspecified atom stereocenters. The number of aliphatic hydroxyl groups excluding tert-OH is 1. The number of aliphatic hydroxyl groups is 1. The summed E-state index contributed by atoms with van der Waals surface area (Å²) >= 11 is 0. The Morgan fingerprint density at radius 2 is 0.615 bits per heavy atom. The van der Waals surface area contributed by atoms with Crippen LogP contribution in [0.15, 0.2) is 0 Å². The first kappa shape index (κ1) is 26.0. The topological polar surface area (TPSA) is 20.2 Å². The van der Waals surface area contributed by atoms with Gasteiger partial charge in [0.25, 0.3) is 0 Å². The van der Waals surface area contributed by atoms with Crippen LogP contribution in [0.4, 0.5) is 0 Å². The third-order valence-electron chi connectivity index (χ3n) is 5.69. The lowest BCUT2D eigenvalue weighted by atomic mass is 10.0. The summed E-state index contributed by atoms with van der Waals surface area (Å²) in [5, 5.41) is 8.61. The van der Waals surface area contributed by atoms with Crippen LogP contribution in [-0.4, -0.2) is 5.11 Å². The fourth-order valence-corrected chi connectivity index (χ4v) is 3.84. The molecular weight excluding hydrogens is 316 g/mol. The van der Waals surface area contributed by atoms with Crippen molar-refractivity contribution in [3.05, 3.63) is 6.61 Å². The quantitative estimate of drug-likeness (QED) is 0.178. The molecule has 0 fully saturated rings. The van der Waals surface area contributed by atoms with Gasteiger partial charge in [0.05, 0.1) is 6.61 Å². The van der Waals surface area contributed by atoms with Crippen molar-refractivity contribution in [2.45, 2.75) is 155 Å². The molecule has 1 radical (unpaired) electrons. The second-order valence-corrected chi connectivity index (χ2v) is 8.40. The smallest absolute Gasteiger partial charge is 0.0799 e. The van der Waals surface area contributed by atoms with E-state index in [-0.39, 0.29) is 0 Å². The van der Waals surface area contributed by atoms with Gasteiger partial charge in [0.1, 0.15) is 0 Å². The van der Waals surface area contributed by atoms with Crippen molar-refractivity contribution in [2.24, 2.45) is 0 Å². The van der Waals surface area contributed by atoms with Crippen molar-refractivity contribution in [3.8, 4) is 0 Å². The van der Waals surface area contributed by atoms with E-state index in [1.165, 1.54) is 141 Å². The monoisotopic (exact) mass is 367 g/mol. The summed E-state index contributed by atoms with van der Waals surface area (Å²) in [6, 6.07) is 0. The average Bonchev–Trinajstić information content (AvgIpc) is 2.66. The molecule has 1 heteroatoms. The standard InChI is InChI=1S/C25H51O/c1-2-3-4-5-6-7-8-9-10-11-12-13-14-15-16-17-18-19-20-21-22-23-24-25-26/h25-26H,2-24H2,1H3. The van der Waals surface area contributed by atoms with Crippen LogP contribution in [0.25, 0.3) is 0 Å². The SMILES string of the molecule is CCCCCCCCCCCCCCCCCCCCCCCC[CH]O. The van der Waals surface area contributed by atoms with Gasteiger partial charge in [-0.05, 0) is 6.42 Å². The molecule has 0 bridgehead atoms. The Morgan fingerprint density at radius 3 is 0.846 bits per heavy atom. The Labute approximate surface area is 166 Å². The fourth-order valence-electron chi connectivity index (χ4n) is 3.84. The zero-order valence-corrected chi connectivity index (χ0v) is 18.3. The Hall–Kier alpha value is -0.0400. The normalized spacial score (nSPS) is 11.3. The zero-order chi connectivity index (χ0) is 19.0. The summed E-state index contributed by atoms with van der Waals surface area (Å²) in [7, 11) is 0. The van der Waals surface area contributed by atoms with Crippen molar-refractivity contribution < 1.29 is 5.11 Å². The highest BCUT2D eigenvalue weighted by atomic mass is 16.2. The van der Waals surface area contributed by atoms with E-state index >= 15 is 0 Å². The van der Waals surface area contributed by atoms with Gasteiger partial charge in [-0.25, -0.2) is 0 Å². The van der Waals surface area contributed by atoms with Gasteiger partial charge in [-0.3, -0.25) is 0 Å². The number of unbranched alkanes of at least 4 members (excludes halogenated alkanes) is 22. The first-order chi connectivity index (χ1) is 12.9. The third-order valence-corrected chi connectivity index (χ3v) is 5.69. The number of hydrogen-bond donors (Lipinski definition) is 1. The Kier molecular flexibility index (Phi) is 24.9. The van der Waals surface area contributed by atoms with Crippen LogP contribution < -0.4 is 0 Å². The highest BCUT2D eigenvalue weighted by Gasteiger charge is 1.95. The molecule has 0 atom stereocenters. The van der Waals surface area contributed by atoms with Crippen LogP contribution in [0.1, 0.15) is 155 Å². The lowest BCUT2D eigenvalue weighted by Gasteiger charge is -2.04. The lowest BCUT2D eigenvalue weighted by molar-refractivity contribution is 0.367. The van der Waals surface area contributed by atoms with Gasteiger partial charge in [-0.2, -0.15) is 0 Å². The summed E-state index contributed by atoms with van der Waals surface area (Å²) in [6.45, 7) is 3.60. The van der Waals surface area contributed by atoms with Gasteiger partial charge < -0.3 is 5.11 Å². The van der Waals surface area contributed by atoms with Crippen LogP contribution in [0.5, 0.6) is 0 Å². The van der Waals surface area contributed by atoms with E-state index in [2.05, 4.69) is 6.92 Å². The van der Waals surface area contributed by atoms with E-state index in [1.807, 2.05) is 0 Å². The van der Waals surface area contributed by atoms with E-state index in [0.717, 1.165) is 12.8 Å². The van der Waals surface area contributed by atoms with Crippen LogP contribution in [0.2, 0.25) is 0 Å². The van der Waals surface area contributed by atoms with Crippen LogP contribution >= 0.6 is 0 Å². The second kappa shape index (κ2) is 25.0. The minimum absolute atomic E-state index is 0.874. The van der Waals surface area contributed by atoms with E-state index in [9.17, 15) is 0 Å². The van der Waals surface area contributed by atoms with Crippen molar-refractivity contribution in [1.29, 1.82) is 0 Å². The minimum atomic E-state index is 0.874. The Morgan fingerprint density at radius 1 is 0.385 bits per heavy atom. The van der Waals surface area contributed by atoms with Gasteiger partial charge in [0.15, 0.2) is 0 Å². The predicted octanol–water partition coefficient (Wildman–Crippen LogP) is 9.51. The molecule has 0 aliphatic carbocycles. The molecular formula is C25H51O. The Balaban J connectivity index is 2.95. The molecule has 0 saturated carbocycles.